The van der Waals surface area contributed by atoms with Crippen molar-refractivity contribution in [1.82, 2.24) is 10.3 Å². The lowest BCUT2D eigenvalue weighted by Crippen LogP contribution is -2.32. The van der Waals surface area contributed by atoms with Gasteiger partial charge in [0.2, 0.25) is 0 Å². The first-order chi connectivity index (χ1) is 8.81. The summed E-state index contributed by atoms with van der Waals surface area (Å²) >= 11 is 0. The standard InChI is InChI=1S/C14H18N4/c1-2-8-17-14(15)18-10-11-7-9-16-13-6-4-3-5-12(11)13/h3-7,9H,2,8,10H2,1H3,(H3,15,17,18). The molecule has 0 saturated heterocycles. The van der Waals surface area contributed by atoms with Crippen molar-refractivity contribution in [2.45, 2.75) is 19.9 Å². The lowest BCUT2D eigenvalue weighted by Gasteiger charge is -2.05. The Morgan fingerprint density at radius 1 is 1.33 bits per heavy atom. The van der Waals surface area contributed by atoms with E-state index in [1.807, 2.05) is 30.5 Å². The molecule has 18 heavy (non-hydrogen) atoms. The minimum absolute atomic E-state index is 0.498. The molecule has 0 atom stereocenters. The summed E-state index contributed by atoms with van der Waals surface area (Å²) in [4.78, 5) is 8.66. The number of guanidine groups is 1. The Morgan fingerprint density at radius 3 is 3.00 bits per heavy atom. The van der Waals surface area contributed by atoms with E-state index in [9.17, 15) is 0 Å². The zero-order chi connectivity index (χ0) is 12.8. The van der Waals surface area contributed by atoms with E-state index in [0.29, 0.717) is 12.5 Å². The lowest BCUT2D eigenvalue weighted by molar-refractivity contribution is 0.826. The normalized spacial score (nSPS) is 11.7. The summed E-state index contributed by atoms with van der Waals surface area (Å²) in [6, 6.07) is 10.0. The van der Waals surface area contributed by atoms with E-state index in [0.717, 1.165) is 29.4 Å². The molecule has 0 saturated carbocycles. The van der Waals surface area contributed by atoms with Crippen LogP contribution in [0.4, 0.5) is 0 Å². The molecule has 3 N–H and O–H groups in total. The maximum absolute atomic E-state index is 5.77. The van der Waals surface area contributed by atoms with E-state index >= 15 is 0 Å². The number of nitrogens with zero attached hydrogens (tertiary/aromatic N) is 2. The molecule has 0 aliphatic heterocycles. The molecule has 0 unspecified atom stereocenters. The summed E-state index contributed by atoms with van der Waals surface area (Å²) in [5.41, 5.74) is 7.91. The van der Waals surface area contributed by atoms with Crippen molar-refractivity contribution in [3.05, 3.63) is 42.1 Å². The zero-order valence-electron chi connectivity index (χ0n) is 10.6. The monoisotopic (exact) mass is 242 g/mol. The average molecular weight is 242 g/mol. The number of pyridine rings is 1. The predicted molar refractivity (Wildman–Crippen MR) is 75.4 cm³/mol. The van der Waals surface area contributed by atoms with Crippen molar-refractivity contribution in [3.8, 4) is 0 Å². The number of rotatable bonds is 4. The molecule has 0 bridgehead atoms. The predicted octanol–water partition coefficient (Wildman–Crippen LogP) is 2.05. The molecule has 1 aromatic carbocycles. The maximum Gasteiger partial charge on any atom is 0.188 e. The van der Waals surface area contributed by atoms with E-state index in [4.69, 9.17) is 5.73 Å². The van der Waals surface area contributed by atoms with Gasteiger partial charge < -0.3 is 11.1 Å². The van der Waals surface area contributed by atoms with Crippen LogP contribution in [0.5, 0.6) is 0 Å². The summed E-state index contributed by atoms with van der Waals surface area (Å²) in [5, 5.41) is 4.19. The number of nitrogens with two attached hydrogens (primary N) is 1. The summed E-state index contributed by atoms with van der Waals surface area (Å²) in [6.45, 7) is 3.52. The highest BCUT2D eigenvalue weighted by atomic mass is 15.1. The van der Waals surface area contributed by atoms with Crippen LogP contribution < -0.4 is 11.1 Å². The van der Waals surface area contributed by atoms with E-state index < -0.39 is 0 Å². The number of hydrogen-bond donors (Lipinski definition) is 2. The molecule has 94 valence electrons. The van der Waals surface area contributed by atoms with Gasteiger partial charge >= 0.3 is 0 Å². The number of aromatic nitrogens is 1. The van der Waals surface area contributed by atoms with Gasteiger partial charge in [0.05, 0.1) is 12.1 Å². The number of benzene rings is 1. The van der Waals surface area contributed by atoms with E-state index in [-0.39, 0.29) is 0 Å². The molecule has 2 aromatic rings. The highest BCUT2D eigenvalue weighted by Crippen LogP contribution is 2.16. The summed E-state index contributed by atoms with van der Waals surface area (Å²) in [6.07, 6.45) is 2.84. The number of nitrogens with one attached hydrogen (secondary N) is 1. The van der Waals surface area contributed by atoms with Crippen molar-refractivity contribution in [2.75, 3.05) is 6.54 Å². The van der Waals surface area contributed by atoms with Crippen LogP contribution in [-0.4, -0.2) is 17.5 Å². The van der Waals surface area contributed by atoms with Gasteiger partial charge in [0, 0.05) is 18.1 Å². The first-order valence-corrected chi connectivity index (χ1v) is 6.17. The van der Waals surface area contributed by atoms with Gasteiger partial charge in [-0.25, -0.2) is 4.99 Å². The SMILES string of the molecule is CCCNC(N)=NCc1ccnc2ccccc12. The van der Waals surface area contributed by atoms with E-state index in [2.05, 4.69) is 28.3 Å². The van der Waals surface area contributed by atoms with Crippen LogP contribution in [0, 0.1) is 0 Å². The molecule has 0 aliphatic rings. The van der Waals surface area contributed by atoms with Crippen molar-refractivity contribution >= 4 is 16.9 Å². The molecule has 0 radical (unpaired) electrons. The molecule has 4 heteroatoms. The summed E-state index contributed by atoms with van der Waals surface area (Å²) in [7, 11) is 0. The van der Waals surface area contributed by atoms with E-state index in [1.54, 1.807) is 0 Å². The van der Waals surface area contributed by atoms with Crippen LogP contribution in [0.15, 0.2) is 41.5 Å². The highest BCUT2D eigenvalue weighted by molar-refractivity contribution is 5.82. The molecular weight excluding hydrogens is 224 g/mol. The third kappa shape index (κ3) is 2.97. The fourth-order valence-electron chi connectivity index (χ4n) is 1.77. The van der Waals surface area contributed by atoms with E-state index in [1.165, 1.54) is 0 Å². The van der Waals surface area contributed by atoms with Gasteiger partial charge in [0.25, 0.3) is 0 Å². The number of fused-ring (bicyclic) bond motifs is 1. The second kappa shape index (κ2) is 6.00. The second-order valence-electron chi connectivity index (χ2n) is 4.12. The van der Waals surface area contributed by atoms with Crippen molar-refractivity contribution in [3.63, 3.8) is 0 Å². The quantitative estimate of drug-likeness (QED) is 0.637. The van der Waals surface area contributed by atoms with Gasteiger partial charge in [-0.2, -0.15) is 0 Å². The Balaban J connectivity index is 2.17. The molecule has 1 heterocycles. The van der Waals surface area contributed by atoms with Crippen LogP contribution in [0.1, 0.15) is 18.9 Å². The number of para-hydroxylation sites is 1. The van der Waals surface area contributed by atoms with Crippen molar-refractivity contribution in [1.29, 1.82) is 0 Å². The topological polar surface area (TPSA) is 63.3 Å². The minimum Gasteiger partial charge on any atom is -0.370 e. The molecular formula is C14H18N4. The zero-order valence-corrected chi connectivity index (χ0v) is 10.6. The Bertz CT molecular complexity index is 543. The Hall–Kier alpha value is -2.10. The summed E-state index contributed by atoms with van der Waals surface area (Å²) < 4.78 is 0. The van der Waals surface area contributed by atoms with Crippen LogP contribution >= 0.6 is 0 Å². The summed E-state index contributed by atoms with van der Waals surface area (Å²) in [5.74, 6) is 0.498. The molecule has 0 amide bonds. The van der Waals surface area contributed by atoms with Crippen molar-refractivity contribution < 1.29 is 0 Å². The van der Waals surface area contributed by atoms with Gasteiger partial charge in [-0.05, 0) is 24.1 Å². The van der Waals surface area contributed by atoms with Gasteiger partial charge in [-0.1, -0.05) is 25.1 Å². The fraction of sp³-hybridized carbons (Fsp3) is 0.286. The Kier molecular flexibility index (Phi) is 4.12. The van der Waals surface area contributed by atoms with Crippen LogP contribution in [0.3, 0.4) is 0 Å². The molecule has 1 aromatic heterocycles. The molecule has 0 fully saturated rings. The molecule has 0 spiro atoms. The van der Waals surface area contributed by atoms with Gasteiger partial charge in [0.1, 0.15) is 0 Å². The Morgan fingerprint density at radius 2 is 2.17 bits per heavy atom. The fourth-order valence-corrected chi connectivity index (χ4v) is 1.77. The minimum atomic E-state index is 0.498. The Labute approximate surface area is 107 Å². The van der Waals surface area contributed by atoms with Crippen LogP contribution in [0.25, 0.3) is 10.9 Å². The van der Waals surface area contributed by atoms with Crippen LogP contribution in [0.2, 0.25) is 0 Å². The smallest absolute Gasteiger partial charge is 0.188 e. The molecule has 2 rings (SSSR count). The maximum atomic E-state index is 5.77. The largest absolute Gasteiger partial charge is 0.370 e. The van der Waals surface area contributed by atoms with Gasteiger partial charge in [0.15, 0.2) is 5.96 Å². The van der Waals surface area contributed by atoms with Crippen molar-refractivity contribution in [2.24, 2.45) is 10.7 Å². The average Bonchev–Trinajstić information content (AvgIpc) is 2.42. The first-order valence-electron chi connectivity index (χ1n) is 6.17. The molecule has 0 aliphatic carbocycles. The molecule has 4 nitrogen and oxygen atoms in total. The highest BCUT2D eigenvalue weighted by Gasteiger charge is 2.00. The third-order valence-corrected chi connectivity index (χ3v) is 2.72. The first kappa shape index (κ1) is 12.4. The second-order valence-corrected chi connectivity index (χ2v) is 4.12. The van der Waals surface area contributed by atoms with Crippen LogP contribution in [-0.2, 0) is 6.54 Å². The number of hydrogen-bond acceptors (Lipinski definition) is 2. The lowest BCUT2D eigenvalue weighted by atomic mass is 10.1. The number of aliphatic imine (C=N–C) groups is 1. The van der Waals surface area contributed by atoms with Gasteiger partial charge in [-0.3, -0.25) is 4.98 Å². The third-order valence-electron chi connectivity index (χ3n) is 2.72. The van der Waals surface area contributed by atoms with Gasteiger partial charge in [-0.15, -0.1) is 0 Å².